The number of aryl methyl sites for hydroxylation is 2. The molecule has 0 bridgehead atoms. The summed E-state index contributed by atoms with van der Waals surface area (Å²) in [6.45, 7) is 11.7. The van der Waals surface area contributed by atoms with Crippen LogP contribution in [0.2, 0.25) is 0 Å². The molecule has 1 fully saturated rings. The van der Waals surface area contributed by atoms with Crippen LogP contribution in [0.4, 0.5) is 0 Å². The van der Waals surface area contributed by atoms with Crippen LogP contribution < -0.4 is 0 Å². The average molecular weight is 233 g/mol. The molecule has 0 saturated carbocycles. The number of benzene rings is 1. The first-order chi connectivity index (χ1) is 8.06. The number of ether oxygens (including phenoxy) is 1. The molecule has 17 heavy (non-hydrogen) atoms. The monoisotopic (exact) mass is 233 g/mol. The molecular formula is C15H23NO. The third-order valence-corrected chi connectivity index (χ3v) is 3.61. The molecule has 2 heteroatoms. The van der Waals surface area contributed by atoms with Gasteiger partial charge in [-0.05, 0) is 38.8 Å². The van der Waals surface area contributed by atoms with Gasteiger partial charge in [0.25, 0.3) is 0 Å². The predicted molar refractivity (Wildman–Crippen MR) is 71.2 cm³/mol. The van der Waals surface area contributed by atoms with E-state index < -0.39 is 0 Å². The van der Waals surface area contributed by atoms with Gasteiger partial charge in [-0.3, -0.25) is 4.90 Å². The zero-order valence-electron chi connectivity index (χ0n) is 11.4. The molecule has 0 aromatic heterocycles. The smallest absolute Gasteiger partial charge is 0.0674 e. The van der Waals surface area contributed by atoms with Crippen LogP contribution in [0.25, 0.3) is 0 Å². The highest BCUT2D eigenvalue weighted by Gasteiger charge is 2.23. The van der Waals surface area contributed by atoms with E-state index in [0.29, 0.717) is 12.1 Å². The fraction of sp³-hybridized carbons (Fsp3) is 0.600. The molecular weight excluding hydrogens is 210 g/mol. The Morgan fingerprint density at radius 2 is 2.06 bits per heavy atom. The van der Waals surface area contributed by atoms with Crippen molar-refractivity contribution in [1.82, 2.24) is 4.90 Å². The molecule has 1 aromatic rings. The molecule has 2 unspecified atom stereocenters. The Morgan fingerprint density at radius 3 is 2.82 bits per heavy atom. The Bertz CT molecular complexity index is 389. The first-order valence-electron chi connectivity index (χ1n) is 6.48. The molecule has 0 spiro atoms. The lowest BCUT2D eigenvalue weighted by Crippen LogP contribution is -2.46. The van der Waals surface area contributed by atoms with E-state index in [9.17, 15) is 0 Å². The molecule has 2 atom stereocenters. The zero-order chi connectivity index (χ0) is 12.4. The maximum atomic E-state index is 5.67. The van der Waals surface area contributed by atoms with Gasteiger partial charge in [0.2, 0.25) is 0 Å². The third kappa shape index (κ3) is 3.08. The van der Waals surface area contributed by atoms with E-state index in [0.717, 1.165) is 19.7 Å². The van der Waals surface area contributed by atoms with E-state index in [1.54, 1.807) is 0 Å². The molecule has 1 heterocycles. The van der Waals surface area contributed by atoms with Crippen molar-refractivity contribution >= 4 is 0 Å². The molecule has 2 nitrogen and oxygen atoms in total. The van der Waals surface area contributed by atoms with Crippen molar-refractivity contribution in [2.24, 2.45) is 0 Å². The van der Waals surface area contributed by atoms with Crippen LogP contribution >= 0.6 is 0 Å². The Hall–Kier alpha value is -0.860. The molecule has 1 aliphatic rings. The molecule has 2 rings (SSSR count). The number of nitrogens with zero attached hydrogens (tertiary/aromatic N) is 1. The number of hydrogen-bond acceptors (Lipinski definition) is 2. The highest BCUT2D eigenvalue weighted by Crippen LogP contribution is 2.18. The summed E-state index contributed by atoms with van der Waals surface area (Å²) in [5.74, 6) is 0. The summed E-state index contributed by atoms with van der Waals surface area (Å²) in [4.78, 5) is 2.52. The van der Waals surface area contributed by atoms with E-state index in [2.05, 4.69) is 50.8 Å². The summed E-state index contributed by atoms with van der Waals surface area (Å²) >= 11 is 0. The second-order valence-corrected chi connectivity index (χ2v) is 5.35. The van der Waals surface area contributed by atoms with E-state index in [1.807, 2.05) is 0 Å². The molecule has 0 aliphatic carbocycles. The van der Waals surface area contributed by atoms with Gasteiger partial charge in [0.1, 0.15) is 0 Å². The standard InChI is InChI=1S/C15H23NO/c1-11-5-6-12(2)15(7-11)9-16-8-14(4)17-10-13(16)3/h5-7,13-14H,8-10H2,1-4H3. The van der Waals surface area contributed by atoms with Gasteiger partial charge in [0, 0.05) is 19.1 Å². The van der Waals surface area contributed by atoms with Crippen LogP contribution in [0.5, 0.6) is 0 Å². The van der Waals surface area contributed by atoms with Gasteiger partial charge >= 0.3 is 0 Å². The molecule has 94 valence electrons. The summed E-state index contributed by atoms with van der Waals surface area (Å²) in [6, 6.07) is 7.23. The largest absolute Gasteiger partial charge is 0.376 e. The van der Waals surface area contributed by atoms with Gasteiger partial charge in [-0.2, -0.15) is 0 Å². The van der Waals surface area contributed by atoms with Crippen LogP contribution in [0, 0.1) is 13.8 Å². The van der Waals surface area contributed by atoms with Crippen molar-refractivity contribution in [2.75, 3.05) is 13.2 Å². The Balaban J connectivity index is 2.11. The molecule has 0 N–H and O–H groups in total. The minimum absolute atomic E-state index is 0.358. The van der Waals surface area contributed by atoms with Crippen molar-refractivity contribution in [3.05, 3.63) is 34.9 Å². The second-order valence-electron chi connectivity index (χ2n) is 5.35. The third-order valence-electron chi connectivity index (χ3n) is 3.61. The summed E-state index contributed by atoms with van der Waals surface area (Å²) in [5, 5.41) is 0. The number of hydrogen-bond donors (Lipinski definition) is 0. The van der Waals surface area contributed by atoms with Crippen molar-refractivity contribution < 1.29 is 4.74 Å². The minimum Gasteiger partial charge on any atom is -0.376 e. The minimum atomic E-state index is 0.358. The fourth-order valence-corrected chi connectivity index (χ4v) is 2.38. The first-order valence-corrected chi connectivity index (χ1v) is 6.48. The Kier molecular flexibility index (Phi) is 3.85. The predicted octanol–water partition coefficient (Wildman–Crippen LogP) is 2.91. The SMILES string of the molecule is Cc1ccc(C)c(CN2CC(C)OCC2C)c1. The number of rotatable bonds is 2. The van der Waals surface area contributed by atoms with Crippen LogP contribution in [0.1, 0.15) is 30.5 Å². The van der Waals surface area contributed by atoms with E-state index >= 15 is 0 Å². The molecule has 0 amide bonds. The second kappa shape index (κ2) is 5.19. The van der Waals surface area contributed by atoms with E-state index in [1.165, 1.54) is 16.7 Å². The topological polar surface area (TPSA) is 12.5 Å². The average Bonchev–Trinajstić information content (AvgIpc) is 2.28. The fourth-order valence-electron chi connectivity index (χ4n) is 2.38. The maximum absolute atomic E-state index is 5.67. The summed E-state index contributed by atoms with van der Waals surface area (Å²) in [6.07, 6.45) is 0.358. The highest BCUT2D eigenvalue weighted by molar-refractivity contribution is 5.30. The molecule has 1 aromatic carbocycles. The Labute approximate surface area is 105 Å². The van der Waals surface area contributed by atoms with Crippen molar-refractivity contribution in [1.29, 1.82) is 0 Å². The maximum Gasteiger partial charge on any atom is 0.0674 e. The zero-order valence-corrected chi connectivity index (χ0v) is 11.4. The number of morpholine rings is 1. The van der Waals surface area contributed by atoms with Crippen LogP contribution in [0.3, 0.4) is 0 Å². The van der Waals surface area contributed by atoms with Gasteiger partial charge < -0.3 is 4.74 Å². The normalized spacial score (nSPS) is 26.1. The van der Waals surface area contributed by atoms with Crippen LogP contribution in [-0.4, -0.2) is 30.2 Å². The van der Waals surface area contributed by atoms with Gasteiger partial charge in [-0.25, -0.2) is 0 Å². The van der Waals surface area contributed by atoms with E-state index in [4.69, 9.17) is 4.74 Å². The first kappa shape index (κ1) is 12.6. The molecule has 1 aliphatic heterocycles. The lowest BCUT2D eigenvalue weighted by molar-refractivity contribution is -0.0527. The lowest BCUT2D eigenvalue weighted by Gasteiger charge is -2.37. The Morgan fingerprint density at radius 1 is 1.29 bits per heavy atom. The van der Waals surface area contributed by atoms with Crippen LogP contribution in [0.15, 0.2) is 18.2 Å². The van der Waals surface area contributed by atoms with Crippen molar-refractivity contribution in [3.8, 4) is 0 Å². The quantitative estimate of drug-likeness (QED) is 0.779. The van der Waals surface area contributed by atoms with Crippen molar-refractivity contribution in [2.45, 2.75) is 46.4 Å². The van der Waals surface area contributed by atoms with Gasteiger partial charge in [-0.1, -0.05) is 23.8 Å². The molecule has 0 radical (unpaired) electrons. The van der Waals surface area contributed by atoms with Crippen LogP contribution in [-0.2, 0) is 11.3 Å². The summed E-state index contributed by atoms with van der Waals surface area (Å²) in [7, 11) is 0. The summed E-state index contributed by atoms with van der Waals surface area (Å²) in [5.41, 5.74) is 4.19. The summed E-state index contributed by atoms with van der Waals surface area (Å²) < 4.78 is 5.67. The highest BCUT2D eigenvalue weighted by atomic mass is 16.5. The molecule has 1 saturated heterocycles. The lowest BCUT2D eigenvalue weighted by atomic mass is 10.0. The van der Waals surface area contributed by atoms with E-state index in [-0.39, 0.29) is 0 Å². The van der Waals surface area contributed by atoms with Gasteiger partial charge in [0.05, 0.1) is 12.7 Å². The van der Waals surface area contributed by atoms with Gasteiger partial charge in [-0.15, -0.1) is 0 Å². The van der Waals surface area contributed by atoms with Crippen molar-refractivity contribution in [3.63, 3.8) is 0 Å². The van der Waals surface area contributed by atoms with Gasteiger partial charge in [0.15, 0.2) is 0 Å².